The number of fused-ring (bicyclic) bond motifs is 2. The summed E-state index contributed by atoms with van der Waals surface area (Å²) in [5.74, 6) is 2.14. The van der Waals surface area contributed by atoms with Gasteiger partial charge in [0.05, 0.1) is 5.69 Å². The summed E-state index contributed by atoms with van der Waals surface area (Å²) >= 11 is 0. The number of aromatic nitrogens is 2. The molecule has 7 heteroatoms. The van der Waals surface area contributed by atoms with Crippen LogP contribution in [0, 0.1) is 0 Å². The van der Waals surface area contributed by atoms with E-state index in [-0.39, 0.29) is 0 Å². The van der Waals surface area contributed by atoms with Crippen LogP contribution in [0.15, 0.2) is 41.5 Å². The molecule has 2 heterocycles. The lowest BCUT2D eigenvalue weighted by Crippen LogP contribution is -2.02. The Morgan fingerprint density at radius 3 is 2.76 bits per heavy atom. The Labute approximate surface area is 120 Å². The van der Waals surface area contributed by atoms with Gasteiger partial charge in [-0.1, -0.05) is 23.3 Å². The summed E-state index contributed by atoms with van der Waals surface area (Å²) in [5.41, 5.74) is 8.83. The van der Waals surface area contributed by atoms with Crippen LogP contribution in [-0.4, -0.2) is 16.7 Å². The molecular formula is C14H11N5O2. The van der Waals surface area contributed by atoms with Crippen molar-refractivity contribution in [2.45, 2.75) is 6.42 Å². The molecule has 0 atom stereocenters. The Morgan fingerprint density at radius 1 is 1.14 bits per heavy atom. The van der Waals surface area contributed by atoms with Gasteiger partial charge in [-0.3, -0.25) is 0 Å². The Hall–Kier alpha value is -3.05. The fourth-order valence-electron chi connectivity index (χ4n) is 1.83. The smallest absolute Gasteiger partial charge is 0.282 e. The van der Waals surface area contributed by atoms with E-state index in [0.29, 0.717) is 41.8 Å². The fourth-order valence-corrected chi connectivity index (χ4v) is 1.83. The molecule has 0 saturated carbocycles. The van der Waals surface area contributed by atoms with E-state index in [2.05, 4.69) is 20.2 Å². The third kappa shape index (κ3) is 2.93. The first kappa shape index (κ1) is 13.0. The molecule has 1 aliphatic heterocycles. The Morgan fingerprint density at radius 2 is 1.95 bits per heavy atom. The maximum Gasteiger partial charge on any atom is 0.282 e. The second-order valence-corrected chi connectivity index (χ2v) is 4.23. The molecule has 1 aromatic carbocycles. The second-order valence-electron chi connectivity index (χ2n) is 4.23. The molecule has 1 aromatic heterocycles. The summed E-state index contributed by atoms with van der Waals surface area (Å²) in [6, 6.07) is 9.12. The normalized spacial score (nSPS) is 11.8. The monoisotopic (exact) mass is 281 g/mol. The van der Waals surface area contributed by atoms with Crippen molar-refractivity contribution in [1.29, 1.82) is 0 Å². The molecule has 2 aromatic rings. The highest BCUT2D eigenvalue weighted by Crippen LogP contribution is 2.43. The molecule has 21 heavy (non-hydrogen) atoms. The maximum atomic E-state index is 8.18. The minimum absolute atomic E-state index is 0.347. The van der Waals surface area contributed by atoms with Crippen LogP contribution in [-0.2, 0) is 0 Å². The van der Waals surface area contributed by atoms with Crippen molar-refractivity contribution in [2.75, 3.05) is 6.54 Å². The van der Waals surface area contributed by atoms with Gasteiger partial charge in [-0.25, -0.2) is 0 Å². The van der Waals surface area contributed by atoms with Gasteiger partial charge in [0.1, 0.15) is 0 Å². The van der Waals surface area contributed by atoms with Crippen LogP contribution < -0.4 is 9.47 Å². The predicted molar refractivity (Wildman–Crippen MR) is 76.3 cm³/mol. The van der Waals surface area contributed by atoms with Gasteiger partial charge < -0.3 is 9.47 Å². The van der Waals surface area contributed by atoms with Crippen molar-refractivity contribution in [1.82, 2.24) is 10.2 Å². The van der Waals surface area contributed by atoms with E-state index in [0.717, 1.165) is 0 Å². The van der Waals surface area contributed by atoms with E-state index < -0.39 is 0 Å². The van der Waals surface area contributed by atoms with E-state index in [1.165, 1.54) is 0 Å². The van der Waals surface area contributed by atoms with Gasteiger partial charge in [0.25, 0.3) is 5.88 Å². The standard InChI is InChI=1S/C14H11N5O2/c15-19-16-8-4-3-5-10-9-13-14(18-17-10)21-12-7-2-1-6-11(12)20-13/h1-3,5-7,9H,4,8H2/b5-3+. The Balaban J connectivity index is 1.76. The van der Waals surface area contributed by atoms with Crippen LogP contribution in [0.3, 0.4) is 0 Å². The zero-order valence-corrected chi connectivity index (χ0v) is 11.0. The number of hydrogen-bond acceptors (Lipinski definition) is 5. The van der Waals surface area contributed by atoms with Gasteiger partial charge in [0.2, 0.25) is 0 Å². The molecule has 7 nitrogen and oxygen atoms in total. The van der Waals surface area contributed by atoms with Gasteiger partial charge in [-0.05, 0) is 30.2 Å². The van der Waals surface area contributed by atoms with Crippen LogP contribution in [0.4, 0.5) is 0 Å². The minimum Gasteiger partial charge on any atom is -0.448 e. The quantitative estimate of drug-likeness (QED) is 0.311. The van der Waals surface area contributed by atoms with Crippen LogP contribution in [0.5, 0.6) is 23.1 Å². The molecule has 3 rings (SSSR count). The molecule has 1 aliphatic rings. The summed E-state index contributed by atoms with van der Waals surface area (Å²) in [6.45, 7) is 0.415. The first-order chi connectivity index (χ1) is 10.4. The molecule has 0 spiro atoms. The average molecular weight is 281 g/mol. The van der Waals surface area contributed by atoms with Crippen molar-refractivity contribution >= 4 is 6.08 Å². The molecule has 0 N–H and O–H groups in total. The van der Waals surface area contributed by atoms with Crippen molar-refractivity contribution < 1.29 is 9.47 Å². The highest BCUT2D eigenvalue weighted by atomic mass is 16.6. The second kappa shape index (κ2) is 5.94. The van der Waals surface area contributed by atoms with E-state index in [4.69, 9.17) is 15.0 Å². The van der Waals surface area contributed by atoms with Crippen LogP contribution in [0.2, 0.25) is 0 Å². The van der Waals surface area contributed by atoms with Crippen LogP contribution in [0.25, 0.3) is 16.5 Å². The minimum atomic E-state index is 0.347. The summed E-state index contributed by atoms with van der Waals surface area (Å²) in [4.78, 5) is 2.69. The number of hydrogen-bond donors (Lipinski definition) is 0. The number of nitrogens with zero attached hydrogens (tertiary/aromatic N) is 5. The van der Waals surface area contributed by atoms with Crippen molar-refractivity contribution in [3.8, 4) is 23.1 Å². The van der Waals surface area contributed by atoms with E-state index in [9.17, 15) is 0 Å². The summed E-state index contributed by atoms with van der Waals surface area (Å²) in [6.07, 6.45) is 4.30. The highest BCUT2D eigenvalue weighted by Gasteiger charge is 2.20. The summed E-state index contributed by atoms with van der Waals surface area (Å²) < 4.78 is 11.3. The van der Waals surface area contributed by atoms with E-state index >= 15 is 0 Å². The van der Waals surface area contributed by atoms with Gasteiger partial charge >= 0.3 is 0 Å². The highest BCUT2D eigenvalue weighted by molar-refractivity contribution is 5.55. The molecule has 0 unspecified atom stereocenters. The first-order valence-corrected chi connectivity index (χ1v) is 6.36. The number of ether oxygens (including phenoxy) is 2. The van der Waals surface area contributed by atoms with Crippen LogP contribution in [0.1, 0.15) is 12.1 Å². The zero-order valence-electron chi connectivity index (χ0n) is 11.0. The molecular weight excluding hydrogens is 270 g/mol. The molecule has 0 fully saturated rings. The number of para-hydroxylation sites is 2. The lowest BCUT2D eigenvalue weighted by molar-refractivity contribution is 0.343. The molecule has 0 saturated heterocycles. The fraction of sp³-hybridized carbons (Fsp3) is 0.143. The van der Waals surface area contributed by atoms with Crippen molar-refractivity contribution in [2.24, 2.45) is 5.11 Å². The number of rotatable bonds is 4. The zero-order chi connectivity index (χ0) is 14.5. The van der Waals surface area contributed by atoms with Crippen LogP contribution >= 0.6 is 0 Å². The topological polar surface area (TPSA) is 93.0 Å². The third-order valence-electron chi connectivity index (χ3n) is 2.77. The maximum absolute atomic E-state index is 8.18. The average Bonchev–Trinajstić information content (AvgIpc) is 2.52. The lowest BCUT2D eigenvalue weighted by Gasteiger charge is -2.18. The molecule has 0 amide bonds. The summed E-state index contributed by atoms with van der Waals surface area (Å²) in [7, 11) is 0. The van der Waals surface area contributed by atoms with E-state index in [1.807, 2.05) is 30.3 Å². The third-order valence-corrected chi connectivity index (χ3v) is 2.77. The number of azide groups is 1. The predicted octanol–water partition coefficient (Wildman–Crippen LogP) is 4.09. The SMILES string of the molecule is [N-]=[N+]=NCC/C=C/c1cc2c(nn1)Oc1ccccc1O2. The Kier molecular flexibility index (Phi) is 3.66. The molecule has 104 valence electrons. The van der Waals surface area contributed by atoms with Gasteiger partial charge in [-0.2, -0.15) is 0 Å². The van der Waals surface area contributed by atoms with Gasteiger partial charge in [0.15, 0.2) is 17.2 Å². The first-order valence-electron chi connectivity index (χ1n) is 6.36. The summed E-state index contributed by atoms with van der Waals surface area (Å²) in [5, 5.41) is 11.5. The van der Waals surface area contributed by atoms with E-state index in [1.54, 1.807) is 12.1 Å². The molecule has 0 bridgehead atoms. The van der Waals surface area contributed by atoms with Crippen molar-refractivity contribution in [3.05, 3.63) is 52.5 Å². The van der Waals surface area contributed by atoms with Gasteiger partial charge in [-0.15, -0.1) is 10.2 Å². The lowest BCUT2D eigenvalue weighted by atomic mass is 10.2. The molecule has 0 radical (unpaired) electrons. The molecule has 0 aliphatic carbocycles. The largest absolute Gasteiger partial charge is 0.448 e. The van der Waals surface area contributed by atoms with Gasteiger partial charge in [0, 0.05) is 17.5 Å². The van der Waals surface area contributed by atoms with Crippen molar-refractivity contribution in [3.63, 3.8) is 0 Å². The number of benzene rings is 1. The Bertz CT molecular complexity index is 738.